The van der Waals surface area contributed by atoms with Crippen LogP contribution in [0.1, 0.15) is 24.9 Å². The van der Waals surface area contributed by atoms with Crippen LogP contribution >= 0.6 is 11.8 Å². The molecule has 2 N–H and O–H groups in total. The lowest BCUT2D eigenvalue weighted by molar-refractivity contribution is 0.171. The van der Waals surface area contributed by atoms with Gasteiger partial charge in [0, 0.05) is 11.8 Å². The van der Waals surface area contributed by atoms with E-state index in [0.29, 0.717) is 13.2 Å². The quantitative estimate of drug-likeness (QED) is 0.819. The minimum Gasteiger partial charge on any atom is -0.486 e. The molecule has 0 spiro atoms. The zero-order valence-electron chi connectivity index (χ0n) is 10.1. The first-order valence-corrected chi connectivity index (χ1v) is 7.19. The third-order valence-electron chi connectivity index (χ3n) is 2.64. The van der Waals surface area contributed by atoms with Gasteiger partial charge in [0.05, 0.1) is 0 Å². The summed E-state index contributed by atoms with van der Waals surface area (Å²) in [6, 6.07) is 6.06. The Morgan fingerprint density at radius 1 is 1.29 bits per heavy atom. The summed E-state index contributed by atoms with van der Waals surface area (Å²) in [6.07, 6.45) is 1.19. The molecule has 3 nitrogen and oxygen atoms in total. The van der Waals surface area contributed by atoms with Crippen molar-refractivity contribution in [2.75, 3.05) is 24.7 Å². The number of thioether (sulfide) groups is 1. The topological polar surface area (TPSA) is 44.5 Å². The largest absolute Gasteiger partial charge is 0.486 e. The number of hydrogen-bond acceptors (Lipinski definition) is 4. The molecule has 1 aromatic carbocycles. The molecule has 0 bridgehead atoms. The Labute approximate surface area is 107 Å². The van der Waals surface area contributed by atoms with Gasteiger partial charge in [-0.2, -0.15) is 11.8 Å². The summed E-state index contributed by atoms with van der Waals surface area (Å²) in [5.74, 6) is 3.77. The Hall–Kier alpha value is -0.870. The molecule has 0 aliphatic carbocycles. The van der Waals surface area contributed by atoms with Gasteiger partial charge in [-0.15, -0.1) is 0 Å². The normalized spacial score (nSPS) is 15.6. The van der Waals surface area contributed by atoms with Crippen LogP contribution in [0.5, 0.6) is 11.5 Å². The molecule has 1 aliphatic heterocycles. The van der Waals surface area contributed by atoms with Crippen LogP contribution in [0.3, 0.4) is 0 Å². The van der Waals surface area contributed by atoms with Crippen molar-refractivity contribution >= 4 is 11.8 Å². The molecule has 1 heterocycles. The Morgan fingerprint density at radius 3 is 2.82 bits per heavy atom. The highest BCUT2D eigenvalue weighted by Crippen LogP contribution is 2.32. The van der Waals surface area contributed by atoms with E-state index in [9.17, 15) is 0 Å². The second-order valence-corrected chi connectivity index (χ2v) is 5.23. The molecule has 4 heteroatoms. The lowest BCUT2D eigenvalue weighted by atomic mass is 10.1. The zero-order valence-corrected chi connectivity index (χ0v) is 11.0. The van der Waals surface area contributed by atoms with Crippen molar-refractivity contribution in [1.29, 1.82) is 0 Å². The summed E-state index contributed by atoms with van der Waals surface area (Å²) < 4.78 is 11.0. The molecule has 0 radical (unpaired) electrons. The van der Waals surface area contributed by atoms with Gasteiger partial charge in [-0.25, -0.2) is 0 Å². The fourth-order valence-electron chi connectivity index (χ4n) is 1.74. The number of ether oxygens (including phenoxy) is 2. The molecular formula is C13H19NO2S. The van der Waals surface area contributed by atoms with Gasteiger partial charge >= 0.3 is 0 Å². The molecule has 0 fully saturated rings. The highest BCUT2D eigenvalue weighted by Gasteiger charge is 2.14. The van der Waals surface area contributed by atoms with Crippen LogP contribution in [-0.4, -0.2) is 24.7 Å². The summed E-state index contributed by atoms with van der Waals surface area (Å²) in [5.41, 5.74) is 7.27. The van der Waals surface area contributed by atoms with E-state index in [0.717, 1.165) is 28.6 Å². The summed E-state index contributed by atoms with van der Waals surface area (Å²) in [7, 11) is 0. The van der Waals surface area contributed by atoms with E-state index in [1.54, 1.807) is 0 Å². The zero-order chi connectivity index (χ0) is 12.1. The lowest BCUT2D eigenvalue weighted by Gasteiger charge is -2.20. The van der Waals surface area contributed by atoms with Gasteiger partial charge in [0.15, 0.2) is 11.5 Å². The van der Waals surface area contributed by atoms with Crippen molar-refractivity contribution in [1.82, 2.24) is 0 Å². The van der Waals surface area contributed by atoms with Crippen LogP contribution < -0.4 is 15.2 Å². The molecule has 0 amide bonds. The van der Waals surface area contributed by atoms with Crippen molar-refractivity contribution in [3.63, 3.8) is 0 Å². The molecule has 94 valence electrons. The van der Waals surface area contributed by atoms with E-state index in [4.69, 9.17) is 15.2 Å². The molecule has 0 aromatic heterocycles. The van der Waals surface area contributed by atoms with Gasteiger partial charge in [-0.3, -0.25) is 0 Å². The van der Waals surface area contributed by atoms with Crippen LogP contribution in [0.15, 0.2) is 18.2 Å². The standard InChI is InChI=1S/C13H19NO2S/c1-2-7-17-9-11(14)10-3-4-12-13(8-10)16-6-5-15-12/h3-4,8,11H,2,5-7,9,14H2,1H3. The molecule has 17 heavy (non-hydrogen) atoms. The predicted octanol–water partition coefficient (Wildman–Crippen LogP) is 2.60. The summed E-state index contributed by atoms with van der Waals surface area (Å²) in [4.78, 5) is 0. The van der Waals surface area contributed by atoms with Crippen LogP contribution in [0.25, 0.3) is 0 Å². The van der Waals surface area contributed by atoms with E-state index in [2.05, 4.69) is 6.92 Å². The lowest BCUT2D eigenvalue weighted by Crippen LogP contribution is -2.17. The number of rotatable bonds is 5. The maximum absolute atomic E-state index is 6.15. The van der Waals surface area contributed by atoms with Crippen LogP contribution in [-0.2, 0) is 0 Å². The molecule has 0 saturated carbocycles. The SMILES string of the molecule is CCCSCC(N)c1ccc2c(c1)OCCO2. The summed E-state index contributed by atoms with van der Waals surface area (Å²) in [6.45, 7) is 3.43. The fourth-order valence-corrected chi connectivity index (χ4v) is 2.64. The van der Waals surface area contributed by atoms with E-state index < -0.39 is 0 Å². The highest BCUT2D eigenvalue weighted by molar-refractivity contribution is 7.99. The second-order valence-electron chi connectivity index (χ2n) is 4.08. The van der Waals surface area contributed by atoms with Crippen LogP contribution in [0, 0.1) is 0 Å². The molecule has 2 rings (SSSR count). The van der Waals surface area contributed by atoms with E-state index in [1.807, 2.05) is 30.0 Å². The van der Waals surface area contributed by atoms with Crippen LogP contribution in [0.4, 0.5) is 0 Å². The smallest absolute Gasteiger partial charge is 0.161 e. The van der Waals surface area contributed by atoms with Crippen molar-refractivity contribution in [3.05, 3.63) is 23.8 Å². The Bertz CT molecular complexity index is 370. The maximum Gasteiger partial charge on any atom is 0.161 e. The monoisotopic (exact) mass is 253 g/mol. The Morgan fingerprint density at radius 2 is 2.06 bits per heavy atom. The summed E-state index contributed by atoms with van der Waals surface area (Å²) >= 11 is 1.90. The van der Waals surface area contributed by atoms with Crippen LogP contribution in [0.2, 0.25) is 0 Å². The number of benzene rings is 1. The van der Waals surface area contributed by atoms with Gasteiger partial charge < -0.3 is 15.2 Å². The fraction of sp³-hybridized carbons (Fsp3) is 0.538. The van der Waals surface area contributed by atoms with Crippen molar-refractivity contribution in [3.8, 4) is 11.5 Å². The maximum atomic E-state index is 6.15. The van der Waals surface area contributed by atoms with Gasteiger partial charge in [0.1, 0.15) is 13.2 Å². The molecule has 1 aliphatic rings. The minimum absolute atomic E-state index is 0.0716. The van der Waals surface area contributed by atoms with Crippen molar-refractivity contribution in [2.45, 2.75) is 19.4 Å². The molecule has 1 aromatic rings. The second kappa shape index (κ2) is 6.17. The first-order valence-electron chi connectivity index (χ1n) is 6.04. The molecule has 0 saturated heterocycles. The van der Waals surface area contributed by atoms with Gasteiger partial charge in [-0.05, 0) is 29.9 Å². The highest BCUT2D eigenvalue weighted by atomic mass is 32.2. The van der Waals surface area contributed by atoms with Gasteiger partial charge in [0.2, 0.25) is 0 Å². The first-order chi connectivity index (χ1) is 8.31. The number of fused-ring (bicyclic) bond motifs is 1. The predicted molar refractivity (Wildman–Crippen MR) is 72.0 cm³/mol. The average Bonchev–Trinajstić information content (AvgIpc) is 2.38. The minimum atomic E-state index is 0.0716. The van der Waals surface area contributed by atoms with Gasteiger partial charge in [-0.1, -0.05) is 13.0 Å². The van der Waals surface area contributed by atoms with E-state index in [-0.39, 0.29) is 6.04 Å². The number of hydrogen-bond donors (Lipinski definition) is 1. The molecular weight excluding hydrogens is 234 g/mol. The Balaban J connectivity index is 2.00. The van der Waals surface area contributed by atoms with Gasteiger partial charge in [0.25, 0.3) is 0 Å². The molecule has 1 unspecified atom stereocenters. The molecule has 1 atom stereocenters. The number of nitrogens with two attached hydrogens (primary N) is 1. The average molecular weight is 253 g/mol. The first kappa shape index (κ1) is 12.6. The van der Waals surface area contributed by atoms with E-state index >= 15 is 0 Å². The van der Waals surface area contributed by atoms with E-state index in [1.165, 1.54) is 6.42 Å². The Kier molecular flexibility index (Phi) is 4.57. The third-order valence-corrected chi connectivity index (χ3v) is 3.93. The van der Waals surface area contributed by atoms with Crippen molar-refractivity contribution in [2.24, 2.45) is 5.73 Å². The summed E-state index contributed by atoms with van der Waals surface area (Å²) in [5, 5.41) is 0. The van der Waals surface area contributed by atoms with Crippen molar-refractivity contribution < 1.29 is 9.47 Å². The third kappa shape index (κ3) is 3.30.